The third kappa shape index (κ3) is 2.69. The van der Waals surface area contributed by atoms with E-state index in [2.05, 4.69) is 24.3 Å². The van der Waals surface area contributed by atoms with Crippen LogP contribution in [0.1, 0.15) is 56.4 Å². The summed E-state index contributed by atoms with van der Waals surface area (Å²) in [6, 6.07) is 8.51. The summed E-state index contributed by atoms with van der Waals surface area (Å²) >= 11 is 0. The molecular weight excluding hydrogens is 224 g/mol. The summed E-state index contributed by atoms with van der Waals surface area (Å²) in [5.74, 6) is 1.56. The molecule has 0 saturated heterocycles. The van der Waals surface area contributed by atoms with Gasteiger partial charge in [-0.05, 0) is 62.1 Å². The van der Waals surface area contributed by atoms with Crippen LogP contribution in [0.5, 0.6) is 5.75 Å². The molecule has 18 heavy (non-hydrogen) atoms. The molecule has 2 heteroatoms. The van der Waals surface area contributed by atoms with Crippen LogP contribution >= 0.6 is 0 Å². The van der Waals surface area contributed by atoms with E-state index >= 15 is 0 Å². The number of aliphatic hydroxyl groups is 1. The van der Waals surface area contributed by atoms with E-state index in [1.165, 1.54) is 37.7 Å². The first kappa shape index (κ1) is 12.0. The van der Waals surface area contributed by atoms with E-state index in [1.54, 1.807) is 0 Å². The highest BCUT2D eigenvalue weighted by Crippen LogP contribution is 2.37. The zero-order chi connectivity index (χ0) is 12.4. The van der Waals surface area contributed by atoms with Gasteiger partial charge in [-0.2, -0.15) is 0 Å². The maximum absolute atomic E-state index is 9.33. The Balaban J connectivity index is 1.57. The number of hydrogen-bond donors (Lipinski definition) is 1. The number of ether oxygens (including phenoxy) is 1. The minimum atomic E-state index is -0.0758. The second kappa shape index (κ2) is 5.31. The van der Waals surface area contributed by atoms with E-state index in [1.807, 2.05) is 0 Å². The van der Waals surface area contributed by atoms with Gasteiger partial charge < -0.3 is 9.84 Å². The van der Waals surface area contributed by atoms with E-state index in [9.17, 15) is 5.11 Å². The molecule has 2 nitrogen and oxygen atoms in total. The molecule has 3 rings (SSSR count). The lowest BCUT2D eigenvalue weighted by molar-refractivity contribution is 0.0746. The van der Waals surface area contributed by atoms with Gasteiger partial charge in [-0.25, -0.2) is 0 Å². The second-order valence-electron chi connectivity index (χ2n) is 5.77. The van der Waals surface area contributed by atoms with Gasteiger partial charge in [0.15, 0.2) is 0 Å². The van der Waals surface area contributed by atoms with Crippen molar-refractivity contribution in [3.05, 3.63) is 29.8 Å². The van der Waals surface area contributed by atoms with Gasteiger partial charge in [-0.15, -0.1) is 0 Å². The molecule has 1 aromatic carbocycles. The standard InChI is InChI=1S/C16H22O2/c17-14-10-13(11-14)12-6-8-16(9-7-12)18-15-4-2-1-3-5-15/h6-9,13-15,17H,1-5,10-11H2. The molecule has 0 aliphatic heterocycles. The van der Waals surface area contributed by atoms with Crippen molar-refractivity contribution >= 4 is 0 Å². The number of hydrogen-bond acceptors (Lipinski definition) is 2. The van der Waals surface area contributed by atoms with Crippen LogP contribution in [0.15, 0.2) is 24.3 Å². The van der Waals surface area contributed by atoms with Gasteiger partial charge in [0.1, 0.15) is 5.75 Å². The Morgan fingerprint density at radius 3 is 2.22 bits per heavy atom. The lowest BCUT2D eigenvalue weighted by Gasteiger charge is -2.31. The summed E-state index contributed by atoms with van der Waals surface area (Å²) in [6.07, 6.45) is 8.58. The molecule has 1 N–H and O–H groups in total. The molecule has 0 spiro atoms. The van der Waals surface area contributed by atoms with E-state index in [-0.39, 0.29) is 6.10 Å². The van der Waals surface area contributed by atoms with E-state index in [0.29, 0.717) is 12.0 Å². The van der Waals surface area contributed by atoms with Crippen LogP contribution in [0, 0.1) is 0 Å². The van der Waals surface area contributed by atoms with Gasteiger partial charge in [0.05, 0.1) is 12.2 Å². The Hall–Kier alpha value is -1.02. The molecule has 98 valence electrons. The smallest absolute Gasteiger partial charge is 0.119 e. The van der Waals surface area contributed by atoms with Crippen LogP contribution in [-0.2, 0) is 0 Å². The lowest BCUT2D eigenvalue weighted by Crippen LogP contribution is -2.26. The molecule has 2 saturated carbocycles. The van der Waals surface area contributed by atoms with Crippen LogP contribution in [0.25, 0.3) is 0 Å². The number of rotatable bonds is 3. The van der Waals surface area contributed by atoms with Crippen molar-refractivity contribution in [2.75, 3.05) is 0 Å². The van der Waals surface area contributed by atoms with Gasteiger partial charge in [0.2, 0.25) is 0 Å². The van der Waals surface area contributed by atoms with Crippen molar-refractivity contribution < 1.29 is 9.84 Å². The third-order valence-corrected chi connectivity index (χ3v) is 4.32. The summed E-state index contributed by atoms with van der Waals surface area (Å²) < 4.78 is 6.01. The van der Waals surface area contributed by atoms with Crippen molar-refractivity contribution in [3.8, 4) is 5.75 Å². The summed E-state index contributed by atoms with van der Waals surface area (Å²) in [5.41, 5.74) is 1.34. The molecule has 0 bridgehead atoms. The van der Waals surface area contributed by atoms with Crippen LogP contribution < -0.4 is 4.74 Å². The fourth-order valence-electron chi connectivity index (χ4n) is 3.05. The van der Waals surface area contributed by atoms with Crippen LogP contribution in [0.3, 0.4) is 0 Å². The highest BCUT2D eigenvalue weighted by Gasteiger charge is 2.28. The summed E-state index contributed by atoms with van der Waals surface area (Å²) in [7, 11) is 0. The van der Waals surface area contributed by atoms with Crippen LogP contribution in [0.4, 0.5) is 0 Å². The minimum Gasteiger partial charge on any atom is -0.490 e. The fourth-order valence-corrected chi connectivity index (χ4v) is 3.05. The molecule has 0 amide bonds. The molecule has 0 heterocycles. The average molecular weight is 246 g/mol. The number of aliphatic hydroxyl groups excluding tert-OH is 1. The highest BCUT2D eigenvalue weighted by molar-refractivity contribution is 5.31. The first-order valence-corrected chi connectivity index (χ1v) is 7.26. The first-order valence-electron chi connectivity index (χ1n) is 7.26. The second-order valence-corrected chi connectivity index (χ2v) is 5.77. The molecular formula is C16H22O2. The maximum atomic E-state index is 9.33. The van der Waals surface area contributed by atoms with E-state index in [0.717, 1.165) is 18.6 Å². The van der Waals surface area contributed by atoms with Crippen molar-refractivity contribution in [3.63, 3.8) is 0 Å². The zero-order valence-electron chi connectivity index (χ0n) is 10.8. The Labute approximate surface area is 109 Å². The molecule has 0 aromatic heterocycles. The Bertz CT molecular complexity index is 373. The van der Waals surface area contributed by atoms with Gasteiger partial charge >= 0.3 is 0 Å². The molecule has 0 unspecified atom stereocenters. The van der Waals surface area contributed by atoms with E-state index < -0.39 is 0 Å². The molecule has 0 atom stereocenters. The van der Waals surface area contributed by atoms with Crippen molar-refractivity contribution in [1.29, 1.82) is 0 Å². The Morgan fingerprint density at radius 1 is 0.944 bits per heavy atom. The number of benzene rings is 1. The molecule has 0 radical (unpaired) electrons. The predicted molar refractivity (Wildman–Crippen MR) is 71.9 cm³/mol. The largest absolute Gasteiger partial charge is 0.490 e. The first-order chi connectivity index (χ1) is 8.81. The van der Waals surface area contributed by atoms with Crippen molar-refractivity contribution in [2.45, 2.75) is 63.1 Å². The Kier molecular flexibility index (Phi) is 3.55. The predicted octanol–water partition coefficient (Wildman–Crippen LogP) is 3.64. The van der Waals surface area contributed by atoms with Gasteiger partial charge in [-0.3, -0.25) is 0 Å². The van der Waals surface area contributed by atoms with Crippen molar-refractivity contribution in [1.82, 2.24) is 0 Å². The minimum absolute atomic E-state index is 0.0758. The summed E-state index contributed by atoms with van der Waals surface area (Å²) in [4.78, 5) is 0. The van der Waals surface area contributed by atoms with Gasteiger partial charge in [0.25, 0.3) is 0 Å². The highest BCUT2D eigenvalue weighted by atomic mass is 16.5. The lowest BCUT2D eigenvalue weighted by atomic mass is 9.78. The quantitative estimate of drug-likeness (QED) is 0.882. The fraction of sp³-hybridized carbons (Fsp3) is 0.625. The normalized spacial score (nSPS) is 28.7. The zero-order valence-corrected chi connectivity index (χ0v) is 10.8. The van der Waals surface area contributed by atoms with Gasteiger partial charge in [-0.1, -0.05) is 18.6 Å². The van der Waals surface area contributed by atoms with Gasteiger partial charge in [0, 0.05) is 0 Å². The Morgan fingerprint density at radius 2 is 1.61 bits per heavy atom. The van der Waals surface area contributed by atoms with Crippen molar-refractivity contribution in [2.24, 2.45) is 0 Å². The topological polar surface area (TPSA) is 29.5 Å². The molecule has 1 aromatic rings. The average Bonchev–Trinajstić information content (AvgIpc) is 2.38. The molecule has 2 aliphatic rings. The maximum Gasteiger partial charge on any atom is 0.119 e. The summed E-state index contributed by atoms with van der Waals surface area (Å²) in [5, 5.41) is 9.33. The van der Waals surface area contributed by atoms with Crippen LogP contribution in [0.2, 0.25) is 0 Å². The summed E-state index contributed by atoms with van der Waals surface area (Å²) in [6.45, 7) is 0. The third-order valence-electron chi connectivity index (χ3n) is 4.32. The van der Waals surface area contributed by atoms with Crippen LogP contribution in [-0.4, -0.2) is 17.3 Å². The monoisotopic (exact) mass is 246 g/mol. The molecule has 2 fully saturated rings. The SMILES string of the molecule is OC1CC(c2ccc(OC3CCCCC3)cc2)C1. The van der Waals surface area contributed by atoms with E-state index in [4.69, 9.17) is 4.74 Å². The molecule has 2 aliphatic carbocycles.